The Balaban J connectivity index is 1.59. The summed E-state index contributed by atoms with van der Waals surface area (Å²) in [6.07, 6.45) is 3.80. The van der Waals surface area contributed by atoms with E-state index < -0.39 is 0 Å². The van der Waals surface area contributed by atoms with Gasteiger partial charge in [-0.05, 0) is 67.6 Å². The first-order valence-corrected chi connectivity index (χ1v) is 7.78. The van der Waals surface area contributed by atoms with Gasteiger partial charge in [0, 0.05) is 18.8 Å². The summed E-state index contributed by atoms with van der Waals surface area (Å²) >= 11 is 0. The summed E-state index contributed by atoms with van der Waals surface area (Å²) in [6, 6.07) is 9.18. The van der Waals surface area contributed by atoms with E-state index in [-0.39, 0.29) is 11.4 Å². The molecule has 1 aliphatic rings. The SMILES string of the molecule is Cc1ccc(CN2CCC(c3cc[nH]c(=O)c3)CC2)cc1F. The lowest BCUT2D eigenvalue weighted by molar-refractivity contribution is 0.204. The summed E-state index contributed by atoms with van der Waals surface area (Å²) in [5.74, 6) is 0.323. The van der Waals surface area contributed by atoms with Gasteiger partial charge in [0.1, 0.15) is 5.82 Å². The van der Waals surface area contributed by atoms with Crippen LogP contribution in [-0.4, -0.2) is 23.0 Å². The van der Waals surface area contributed by atoms with Crippen molar-refractivity contribution in [2.45, 2.75) is 32.2 Å². The van der Waals surface area contributed by atoms with Gasteiger partial charge in [0.2, 0.25) is 5.56 Å². The van der Waals surface area contributed by atoms with Crippen LogP contribution in [0.1, 0.15) is 35.4 Å². The average molecular weight is 300 g/mol. The van der Waals surface area contributed by atoms with Gasteiger partial charge in [0.25, 0.3) is 0 Å². The van der Waals surface area contributed by atoms with E-state index in [0.717, 1.165) is 43.6 Å². The van der Waals surface area contributed by atoms with Crippen molar-refractivity contribution in [2.24, 2.45) is 0 Å². The van der Waals surface area contributed by atoms with E-state index in [2.05, 4.69) is 9.88 Å². The maximum Gasteiger partial charge on any atom is 0.248 e. The predicted octanol–water partition coefficient (Wildman–Crippen LogP) is 3.20. The number of hydrogen-bond acceptors (Lipinski definition) is 2. The standard InChI is InChI=1S/C18H21FN2O/c1-13-2-3-14(10-17(13)19)12-21-8-5-15(6-9-21)16-4-7-20-18(22)11-16/h2-4,7,10-11,15H,5-6,8-9,12H2,1H3,(H,20,22). The van der Waals surface area contributed by atoms with Crippen LogP contribution >= 0.6 is 0 Å². The number of halogens is 1. The number of likely N-dealkylation sites (tertiary alicyclic amines) is 1. The van der Waals surface area contributed by atoms with Gasteiger partial charge < -0.3 is 4.98 Å². The fraction of sp³-hybridized carbons (Fsp3) is 0.389. The Labute approximate surface area is 129 Å². The van der Waals surface area contributed by atoms with Gasteiger partial charge >= 0.3 is 0 Å². The van der Waals surface area contributed by atoms with Crippen LogP contribution in [0.15, 0.2) is 41.3 Å². The van der Waals surface area contributed by atoms with Crippen LogP contribution in [-0.2, 0) is 6.54 Å². The largest absolute Gasteiger partial charge is 0.329 e. The van der Waals surface area contributed by atoms with Crippen LogP contribution < -0.4 is 5.56 Å². The molecule has 4 heteroatoms. The number of benzene rings is 1. The number of H-pyrrole nitrogens is 1. The maximum atomic E-state index is 13.6. The molecule has 3 nitrogen and oxygen atoms in total. The van der Waals surface area contributed by atoms with Crippen LogP contribution in [0.5, 0.6) is 0 Å². The molecule has 0 spiro atoms. The molecule has 1 saturated heterocycles. The van der Waals surface area contributed by atoms with Gasteiger partial charge in [-0.25, -0.2) is 4.39 Å². The smallest absolute Gasteiger partial charge is 0.248 e. The zero-order chi connectivity index (χ0) is 15.5. The molecule has 0 amide bonds. The Morgan fingerprint density at radius 2 is 2.00 bits per heavy atom. The number of pyridine rings is 1. The van der Waals surface area contributed by atoms with Crippen LogP contribution in [0.2, 0.25) is 0 Å². The number of aromatic nitrogens is 1. The number of nitrogens with one attached hydrogen (secondary N) is 1. The molecule has 0 aliphatic carbocycles. The Bertz CT molecular complexity index is 702. The lowest BCUT2D eigenvalue weighted by atomic mass is 9.90. The van der Waals surface area contributed by atoms with Crippen LogP contribution in [0, 0.1) is 12.7 Å². The molecule has 1 N–H and O–H groups in total. The fourth-order valence-electron chi connectivity index (χ4n) is 3.13. The highest BCUT2D eigenvalue weighted by molar-refractivity contribution is 5.23. The first-order chi connectivity index (χ1) is 10.6. The monoisotopic (exact) mass is 300 g/mol. The van der Waals surface area contributed by atoms with E-state index >= 15 is 0 Å². The number of hydrogen-bond donors (Lipinski definition) is 1. The molecule has 0 bridgehead atoms. The summed E-state index contributed by atoms with van der Waals surface area (Å²) in [4.78, 5) is 16.4. The molecule has 1 aromatic heterocycles. The molecule has 0 atom stereocenters. The second-order valence-electron chi connectivity index (χ2n) is 6.12. The molecule has 22 heavy (non-hydrogen) atoms. The van der Waals surface area contributed by atoms with Crippen molar-refractivity contribution in [3.63, 3.8) is 0 Å². The van der Waals surface area contributed by atoms with E-state index in [4.69, 9.17) is 0 Å². The van der Waals surface area contributed by atoms with Gasteiger partial charge in [0.15, 0.2) is 0 Å². The highest BCUT2D eigenvalue weighted by Gasteiger charge is 2.21. The highest BCUT2D eigenvalue weighted by atomic mass is 19.1. The van der Waals surface area contributed by atoms with E-state index in [9.17, 15) is 9.18 Å². The molecular weight excluding hydrogens is 279 g/mol. The van der Waals surface area contributed by atoms with Gasteiger partial charge in [-0.2, -0.15) is 0 Å². The molecule has 0 saturated carbocycles. The second-order valence-corrected chi connectivity index (χ2v) is 6.12. The summed E-state index contributed by atoms with van der Waals surface area (Å²) < 4.78 is 13.6. The third-order valence-corrected chi connectivity index (χ3v) is 4.50. The molecule has 1 fully saturated rings. The van der Waals surface area contributed by atoms with E-state index in [1.54, 1.807) is 25.3 Å². The molecule has 0 unspecified atom stereocenters. The number of piperidine rings is 1. The summed E-state index contributed by atoms with van der Waals surface area (Å²) in [7, 11) is 0. The van der Waals surface area contributed by atoms with E-state index in [1.165, 1.54) is 0 Å². The number of nitrogens with zero attached hydrogens (tertiary/aromatic N) is 1. The predicted molar refractivity (Wildman–Crippen MR) is 85.5 cm³/mol. The maximum absolute atomic E-state index is 13.6. The third kappa shape index (κ3) is 3.45. The van der Waals surface area contributed by atoms with Crippen molar-refractivity contribution >= 4 is 0 Å². The first kappa shape index (κ1) is 15.0. The normalized spacial score (nSPS) is 16.8. The molecule has 2 aromatic rings. The van der Waals surface area contributed by atoms with Crippen molar-refractivity contribution < 1.29 is 4.39 Å². The zero-order valence-corrected chi connectivity index (χ0v) is 12.8. The minimum atomic E-state index is -0.129. The number of aromatic amines is 1. The quantitative estimate of drug-likeness (QED) is 0.945. The Hall–Kier alpha value is -1.94. The van der Waals surface area contributed by atoms with E-state index in [1.807, 2.05) is 18.2 Å². The molecule has 2 heterocycles. The number of aryl methyl sites for hydroxylation is 1. The highest BCUT2D eigenvalue weighted by Crippen LogP contribution is 2.27. The Morgan fingerprint density at radius 1 is 1.23 bits per heavy atom. The Kier molecular flexibility index (Phi) is 4.39. The van der Waals surface area contributed by atoms with Gasteiger partial charge in [-0.15, -0.1) is 0 Å². The molecule has 3 rings (SSSR count). The summed E-state index contributed by atoms with van der Waals surface area (Å²) in [5, 5.41) is 0. The average Bonchev–Trinajstić information content (AvgIpc) is 2.52. The molecule has 0 radical (unpaired) electrons. The van der Waals surface area contributed by atoms with Crippen molar-refractivity contribution in [3.05, 3.63) is 69.4 Å². The Morgan fingerprint density at radius 3 is 2.68 bits per heavy atom. The summed E-state index contributed by atoms with van der Waals surface area (Å²) in [6.45, 7) is 4.53. The second kappa shape index (κ2) is 6.44. The van der Waals surface area contributed by atoms with Gasteiger partial charge in [-0.1, -0.05) is 12.1 Å². The molecule has 1 aromatic carbocycles. The third-order valence-electron chi connectivity index (χ3n) is 4.50. The zero-order valence-electron chi connectivity index (χ0n) is 12.8. The first-order valence-electron chi connectivity index (χ1n) is 7.78. The van der Waals surface area contributed by atoms with Crippen molar-refractivity contribution in [2.75, 3.05) is 13.1 Å². The lowest BCUT2D eigenvalue weighted by Gasteiger charge is -2.32. The minimum absolute atomic E-state index is 0.0324. The van der Waals surface area contributed by atoms with Gasteiger partial charge in [-0.3, -0.25) is 9.69 Å². The van der Waals surface area contributed by atoms with Crippen LogP contribution in [0.25, 0.3) is 0 Å². The molecule has 1 aliphatic heterocycles. The number of rotatable bonds is 3. The fourth-order valence-corrected chi connectivity index (χ4v) is 3.13. The minimum Gasteiger partial charge on any atom is -0.329 e. The molecular formula is C18H21FN2O. The van der Waals surface area contributed by atoms with Crippen molar-refractivity contribution in [1.82, 2.24) is 9.88 Å². The topological polar surface area (TPSA) is 36.1 Å². The molecule has 116 valence electrons. The van der Waals surface area contributed by atoms with Crippen molar-refractivity contribution in [1.29, 1.82) is 0 Å². The van der Waals surface area contributed by atoms with E-state index in [0.29, 0.717) is 11.5 Å². The van der Waals surface area contributed by atoms with Crippen LogP contribution in [0.4, 0.5) is 4.39 Å². The van der Waals surface area contributed by atoms with Crippen molar-refractivity contribution in [3.8, 4) is 0 Å². The van der Waals surface area contributed by atoms with Gasteiger partial charge in [0.05, 0.1) is 0 Å². The van der Waals surface area contributed by atoms with Crippen LogP contribution in [0.3, 0.4) is 0 Å². The summed E-state index contributed by atoms with van der Waals surface area (Å²) in [5.41, 5.74) is 2.81. The lowest BCUT2D eigenvalue weighted by Crippen LogP contribution is -2.32.